The third-order valence-corrected chi connectivity index (χ3v) is 5.96. The van der Waals surface area contributed by atoms with Gasteiger partial charge in [0.05, 0.1) is 16.2 Å². The summed E-state index contributed by atoms with van der Waals surface area (Å²) in [5, 5.41) is 5.65. The predicted molar refractivity (Wildman–Crippen MR) is 98.8 cm³/mol. The minimum Gasteiger partial charge on any atom is -0.352 e. The molecule has 3 rings (SSSR count). The lowest BCUT2D eigenvalue weighted by Crippen LogP contribution is -2.48. The summed E-state index contributed by atoms with van der Waals surface area (Å²) in [6, 6.07) is 2.59. The summed E-state index contributed by atoms with van der Waals surface area (Å²) in [6.07, 6.45) is 6.99. The molecule has 2 aromatic heterocycles. The highest BCUT2D eigenvalue weighted by molar-refractivity contribution is 9.11. The van der Waals surface area contributed by atoms with Crippen LogP contribution < -0.4 is 5.32 Å². The van der Waals surface area contributed by atoms with E-state index in [1.165, 1.54) is 5.56 Å². The van der Waals surface area contributed by atoms with Gasteiger partial charge in [-0.15, -0.1) is 11.3 Å². The predicted octanol–water partition coefficient (Wildman–Crippen LogP) is 3.37. The van der Waals surface area contributed by atoms with Crippen molar-refractivity contribution < 1.29 is 0 Å². The zero-order valence-corrected chi connectivity index (χ0v) is 15.8. The van der Waals surface area contributed by atoms with Crippen molar-refractivity contribution in [2.24, 2.45) is 10.9 Å². The summed E-state index contributed by atoms with van der Waals surface area (Å²) in [7, 11) is 1.86. The molecule has 124 valence electrons. The van der Waals surface area contributed by atoms with E-state index in [9.17, 15) is 0 Å². The van der Waals surface area contributed by atoms with Crippen LogP contribution >= 0.6 is 27.3 Å². The summed E-state index contributed by atoms with van der Waals surface area (Å²) < 4.78 is 3.39. The molecule has 0 aromatic carbocycles. The number of aliphatic imine (C=N–C) groups is 1. The van der Waals surface area contributed by atoms with Gasteiger partial charge in [-0.1, -0.05) is 6.92 Å². The molecule has 1 saturated heterocycles. The number of hydrogen-bond acceptors (Lipinski definition) is 3. The lowest BCUT2D eigenvalue weighted by molar-refractivity contribution is 0.189. The van der Waals surface area contributed by atoms with E-state index < -0.39 is 0 Å². The zero-order valence-electron chi connectivity index (χ0n) is 13.4. The van der Waals surface area contributed by atoms with Gasteiger partial charge >= 0.3 is 0 Å². The van der Waals surface area contributed by atoms with Crippen molar-refractivity contribution in [3.8, 4) is 0 Å². The van der Waals surface area contributed by atoms with E-state index in [2.05, 4.69) is 65.3 Å². The molecule has 1 N–H and O–H groups in total. The maximum atomic E-state index is 4.47. The molecule has 3 heterocycles. The molecule has 0 bridgehead atoms. The van der Waals surface area contributed by atoms with E-state index in [1.807, 2.05) is 19.6 Å². The third kappa shape index (κ3) is 3.95. The van der Waals surface area contributed by atoms with E-state index in [0.717, 1.165) is 35.8 Å². The SMILES string of the molecule is CN=C(NCc1csc(Br)c1)N1CCC(C)C(n2ccnc2)C1. The van der Waals surface area contributed by atoms with Crippen LogP contribution in [0.4, 0.5) is 0 Å². The van der Waals surface area contributed by atoms with E-state index in [1.54, 1.807) is 11.3 Å². The normalized spacial score (nSPS) is 22.4. The first-order valence-corrected chi connectivity index (χ1v) is 9.50. The van der Waals surface area contributed by atoms with Crippen molar-refractivity contribution in [2.75, 3.05) is 20.1 Å². The number of imidazole rings is 1. The molecule has 7 heteroatoms. The van der Waals surface area contributed by atoms with Crippen molar-refractivity contribution in [1.29, 1.82) is 0 Å². The quantitative estimate of drug-likeness (QED) is 0.639. The van der Waals surface area contributed by atoms with Gasteiger partial charge in [-0.05, 0) is 45.3 Å². The monoisotopic (exact) mass is 395 g/mol. The van der Waals surface area contributed by atoms with E-state index in [0.29, 0.717) is 12.0 Å². The number of likely N-dealkylation sites (tertiary alicyclic amines) is 1. The number of rotatable bonds is 3. The van der Waals surface area contributed by atoms with Crippen LogP contribution in [0.1, 0.15) is 24.9 Å². The Morgan fingerprint density at radius 3 is 3.09 bits per heavy atom. The molecular formula is C16H22BrN5S. The number of piperidine rings is 1. The van der Waals surface area contributed by atoms with Gasteiger partial charge in [-0.3, -0.25) is 4.99 Å². The Bertz CT molecular complexity index is 651. The summed E-state index contributed by atoms with van der Waals surface area (Å²) in [5.74, 6) is 1.62. The molecule has 1 fully saturated rings. The molecular weight excluding hydrogens is 374 g/mol. The van der Waals surface area contributed by atoms with Gasteiger partial charge in [0, 0.05) is 39.1 Å². The lowest BCUT2D eigenvalue weighted by Gasteiger charge is -2.39. The van der Waals surface area contributed by atoms with Gasteiger partial charge in [0.1, 0.15) is 0 Å². The van der Waals surface area contributed by atoms with Crippen LogP contribution in [-0.4, -0.2) is 40.5 Å². The number of nitrogens with zero attached hydrogens (tertiary/aromatic N) is 4. The number of aromatic nitrogens is 2. The molecule has 1 aliphatic rings. The number of guanidine groups is 1. The fourth-order valence-electron chi connectivity index (χ4n) is 3.05. The molecule has 0 aliphatic carbocycles. The molecule has 0 spiro atoms. The summed E-state index contributed by atoms with van der Waals surface area (Å²) in [6.45, 7) is 5.13. The Balaban J connectivity index is 1.64. The summed E-state index contributed by atoms with van der Waals surface area (Å²) in [5.41, 5.74) is 1.28. The van der Waals surface area contributed by atoms with Gasteiger partial charge < -0.3 is 14.8 Å². The van der Waals surface area contributed by atoms with Gasteiger partial charge in [-0.25, -0.2) is 4.98 Å². The average Bonchev–Trinajstić information content (AvgIpc) is 3.21. The van der Waals surface area contributed by atoms with Gasteiger partial charge in [0.25, 0.3) is 0 Å². The summed E-state index contributed by atoms with van der Waals surface area (Å²) >= 11 is 5.22. The van der Waals surface area contributed by atoms with Gasteiger partial charge in [-0.2, -0.15) is 0 Å². The van der Waals surface area contributed by atoms with E-state index in [-0.39, 0.29) is 0 Å². The molecule has 0 radical (unpaired) electrons. The largest absolute Gasteiger partial charge is 0.352 e. The van der Waals surface area contributed by atoms with Gasteiger partial charge in [0.15, 0.2) is 5.96 Å². The Kier molecular flexibility index (Phi) is 5.38. The molecule has 5 nitrogen and oxygen atoms in total. The van der Waals surface area contributed by atoms with Crippen molar-refractivity contribution in [2.45, 2.75) is 25.9 Å². The lowest BCUT2D eigenvalue weighted by atomic mass is 9.93. The smallest absolute Gasteiger partial charge is 0.193 e. The van der Waals surface area contributed by atoms with Crippen molar-refractivity contribution in [3.05, 3.63) is 39.5 Å². The van der Waals surface area contributed by atoms with Crippen molar-refractivity contribution in [3.63, 3.8) is 0 Å². The number of hydrogen-bond donors (Lipinski definition) is 1. The van der Waals surface area contributed by atoms with Crippen LogP contribution in [0.25, 0.3) is 0 Å². The van der Waals surface area contributed by atoms with Crippen molar-refractivity contribution >= 4 is 33.2 Å². The Morgan fingerprint density at radius 1 is 1.57 bits per heavy atom. The maximum absolute atomic E-state index is 4.47. The molecule has 0 amide bonds. The molecule has 0 saturated carbocycles. The summed E-state index contributed by atoms with van der Waals surface area (Å²) in [4.78, 5) is 11.0. The number of halogens is 1. The Hall–Kier alpha value is -1.34. The first kappa shape index (κ1) is 16.5. The zero-order chi connectivity index (χ0) is 16.2. The first-order valence-electron chi connectivity index (χ1n) is 7.83. The van der Waals surface area contributed by atoms with E-state index >= 15 is 0 Å². The second-order valence-corrected chi connectivity index (χ2v) is 8.24. The second kappa shape index (κ2) is 7.49. The topological polar surface area (TPSA) is 45.5 Å². The maximum Gasteiger partial charge on any atom is 0.193 e. The van der Waals surface area contributed by atoms with Crippen LogP contribution in [0.2, 0.25) is 0 Å². The van der Waals surface area contributed by atoms with Crippen LogP contribution in [0, 0.1) is 5.92 Å². The van der Waals surface area contributed by atoms with E-state index in [4.69, 9.17) is 0 Å². The number of thiophene rings is 1. The minimum absolute atomic E-state index is 0.445. The van der Waals surface area contributed by atoms with Crippen LogP contribution in [0.5, 0.6) is 0 Å². The highest BCUT2D eigenvalue weighted by atomic mass is 79.9. The second-order valence-electron chi connectivity index (χ2n) is 5.95. The van der Waals surface area contributed by atoms with Crippen molar-refractivity contribution in [1.82, 2.24) is 19.8 Å². The standard InChI is InChI=1S/C16H22BrN5S/c1-12-3-5-21(9-14(12)22-6-4-19-11-22)16(18-2)20-8-13-7-15(17)23-10-13/h4,6-7,10-12,14H,3,5,8-9H2,1-2H3,(H,18,20). The Labute approximate surface area is 149 Å². The van der Waals surface area contributed by atoms with Crippen LogP contribution in [0.15, 0.2) is 38.9 Å². The molecule has 2 aromatic rings. The Morgan fingerprint density at radius 2 is 2.43 bits per heavy atom. The highest BCUT2D eigenvalue weighted by Crippen LogP contribution is 2.27. The van der Waals surface area contributed by atoms with Gasteiger partial charge in [0.2, 0.25) is 0 Å². The third-order valence-electron chi connectivity index (χ3n) is 4.41. The minimum atomic E-state index is 0.445. The molecule has 23 heavy (non-hydrogen) atoms. The fraction of sp³-hybridized carbons (Fsp3) is 0.500. The fourth-order valence-corrected chi connectivity index (χ4v) is 4.26. The van der Waals surface area contributed by atoms with Crippen LogP contribution in [0.3, 0.4) is 0 Å². The molecule has 2 unspecified atom stereocenters. The highest BCUT2D eigenvalue weighted by Gasteiger charge is 2.28. The first-order chi connectivity index (χ1) is 11.2. The molecule has 2 atom stereocenters. The molecule has 1 aliphatic heterocycles. The van der Waals surface area contributed by atoms with Crippen LogP contribution in [-0.2, 0) is 6.54 Å². The average molecular weight is 396 g/mol. The number of nitrogens with one attached hydrogen (secondary N) is 1.